The third-order valence-electron chi connectivity index (χ3n) is 5.51. The van der Waals surface area contributed by atoms with E-state index in [1.807, 2.05) is 18.7 Å². The van der Waals surface area contributed by atoms with Crippen LogP contribution in [0.15, 0.2) is 0 Å². The van der Waals surface area contributed by atoms with Gasteiger partial charge in [0.15, 0.2) is 0 Å². The summed E-state index contributed by atoms with van der Waals surface area (Å²) in [5, 5.41) is 8.44. The number of nitrogens with one attached hydrogen (secondary N) is 3. The van der Waals surface area contributed by atoms with Crippen LogP contribution in [0.2, 0.25) is 0 Å². The van der Waals surface area contributed by atoms with Crippen LogP contribution in [0.1, 0.15) is 59.3 Å². The van der Waals surface area contributed by atoms with E-state index in [0.29, 0.717) is 5.92 Å². The number of hydrogen-bond acceptors (Lipinski definition) is 4. The number of likely N-dealkylation sites (tertiary alicyclic amines) is 1. The molecule has 26 heavy (non-hydrogen) atoms. The van der Waals surface area contributed by atoms with E-state index in [2.05, 4.69) is 22.9 Å². The van der Waals surface area contributed by atoms with Crippen LogP contribution in [0.3, 0.4) is 0 Å². The van der Waals surface area contributed by atoms with Gasteiger partial charge in [0, 0.05) is 31.1 Å². The van der Waals surface area contributed by atoms with Crippen LogP contribution in [0.4, 0.5) is 4.79 Å². The summed E-state index contributed by atoms with van der Waals surface area (Å²) >= 11 is 0. The third-order valence-corrected chi connectivity index (χ3v) is 5.51. The first kappa shape index (κ1) is 20.7. The SMILES string of the molecule is CC(C)C(=O)NC1CCN(CC(=O)NC(=O)NC2CCCCC2C)CC1. The fourth-order valence-corrected chi connectivity index (χ4v) is 3.71. The molecule has 0 radical (unpaired) electrons. The van der Waals surface area contributed by atoms with Crippen molar-refractivity contribution in [2.24, 2.45) is 11.8 Å². The molecule has 1 saturated heterocycles. The Labute approximate surface area is 156 Å². The first-order valence-electron chi connectivity index (χ1n) is 9.98. The predicted octanol–water partition coefficient (Wildman–Crippen LogP) is 1.63. The average Bonchev–Trinajstić information content (AvgIpc) is 2.58. The Bertz CT molecular complexity index is 501. The highest BCUT2D eigenvalue weighted by molar-refractivity contribution is 5.95. The van der Waals surface area contributed by atoms with E-state index in [9.17, 15) is 14.4 Å². The Hall–Kier alpha value is -1.63. The predicted molar refractivity (Wildman–Crippen MR) is 101 cm³/mol. The van der Waals surface area contributed by atoms with Gasteiger partial charge in [-0.2, -0.15) is 0 Å². The largest absolute Gasteiger partial charge is 0.353 e. The Morgan fingerprint density at radius 1 is 1.00 bits per heavy atom. The van der Waals surface area contributed by atoms with Crippen LogP contribution in [0, 0.1) is 11.8 Å². The Morgan fingerprint density at radius 3 is 2.27 bits per heavy atom. The molecule has 0 aromatic carbocycles. The topological polar surface area (TPSA) is 90.5 Å². The van der Waals surface area contributed by atoms with Crippen LogP contribution in [-0.2, 0) is 9.59 Å². The van der Waals surface area contributed by atoms with Gasteiger partial charge in [-0.15, -0.1) is 0 Å². The van der Waals surface area contributed by atoms with Gasteiger partial charge in [-0.05, 0) is 31.6 Å². The number of nitrogens with zero attached hydrogens (tertiary/aromatic N) is 1. The summed E-state index contributed by atoms with van der Waals surface area (Å²) in [6, 6.07) is -0.0370. The fourth-order valence-electron chi connectivity index (χ4n) is 3.71. The molecule has 148 valence electrons. The van der Waals surface area contributed by atoms with Gasteiger partial charge >= 0.3 is 6.03 Å². The van der Waals surface area contributed by atoms with Crippen molar-refractivity contribution in [3.8, 4) is 0 Å². The average molecular weight is 367 g/mol. The zero-order valence-electron chi connectivity index (χ0n) is 16.3. The van der Waals surface area contributed by atoms with Crippen molar-refractivity contribution in [3.63, 3.8) is 0 Å². The molecule has 1 saturated carbocycles. The summed E-state index contributed by atoms with van der Waals surface area (Å²) in [4.78, 5) is 37.9. The molecule has 1 aliphatic carbocycles. The lowest BCUT2D eigenvalue weighted by molar-refractivity contribution is -0.125. The highest BCUT2D eigenvalue weighted by atomic mass is 16.2. The quantitative estimate of drug-likeness (QED) is 0.690. The Morgan fingerprint density at radius 2 is 1.65 bits per heavy atom. The highest BCUT2D eigenvalue weighted by Gasteiger charge is 2.25. The third kappa shape index (κ3) is 6.59. The maximum absolute atomic E-state index is 12.1. The maximum atomic E-state index is 12.1. The minimum Gasteiger partial charge on any atom is -0.353 e. The molecule has 3 N–H and O–H groups in total. The lowest BCUT2D eigenvalue weighted by atomic mass is 9.86. The smallest absolute Gasteiger partial charge is 0.321 e. The van der Waals surface area contributed by atoms with E-state index in [0.717, 1.165) is 45.2 Å². The van der Waals surface area contributed by atoms with E-state index in [1.54, 1.807) is 0 Å². The van der Waals surface area contributed by atoms with Gasteiger partial charge in [0.05, 0.1) is 6.54 Å². The molecule has 4 amide bonds. The lowest BCUT2D eigenvalue weighted by Crippen LogP contribution is -2.51. The number of rotatable bonds is 5. The highest BCUT2D eigenvalue weighted by Crippen LogP contribution is 2.23. The van der Waals surface area contributed by atoms with E-state index in [-0.39, 0.29) is 42.4 Å². The van der Waals surface area contributed by atoms with Crippen LogP contribution < -0.4 is 16.0 Å². The van der Waals surface area contributed by atoms with E-state index < -0.39 is 0 Å². The maximum Gasteiger partial charge on any atom is 0.321 e. The van der Waals surface area contributed by atoms with Crippen molar-refractivity contribution in [1.82, 2.24) is 20.9 Å². The molecule has 1 heterocycles. The van der Waals surface area contributed by atoms with Crippen molar-refractivity contribution in [1.29, 1.82) is 0 Å². The summed E-state index contributed by atoms with van der Waals surface area (Å²) in [7, 11) is 0. The zero-order valence-corrected chi connectivity index (χ0v) is 16.3. The van der Waals surface area contributed by atoms with Gasteiger partial charge in [0.25, 0.3) is 0 Å². The number of hydrogen-bond donors (Lipinski definition) is 3. The number of carbonyl (C=O) groups is 3. The number of urea groups is 1. The summed E-state index contributed by atoms with van der Waals surface area (Å²) in [5.41, 5.74) is 0. The number of imide groups is 1. The second-order valence-corrected chi connectivity index (χ2v) is 8.10. The van der Waals surface area contributed by atoms with E-state index in [1.165, 1.54) is 6.42 Å². The molecule has 7 heteroatoms. The Balaban J connectivity index is 1.65. The summed E-state index contributed by atoms with van der Waals surface area (Å²) in [6.45, 7) is 7.63. The minimum atomic E-state index is -0.382. The van der Waals surface area contributed by atoms with Gasteiger partial charge in [-0.25, -0.2) is 4.79 Å². The monoisotopic (exact) mass is 366 g/mol. The second-order valence-electron chi connectivity index (χ2n) is 8.10. The van der Waals surface area contributed by atoms with Crippen LogP contribution in [0.25, 0.3) is 0 Å². The lowest BCUT2D eigenvalue weighted by Gasteiger charge is -2.32. The second kappa shape index (κ2) is 9.90. The molecule has 7 nitrogen and oxygen atoms in total. The van der Waals surface area contributed by atoms with Crippen LogP contribution in [0.5, 0.6) is 0 Å². The molecule has 2 fully saturated rings. The fraction of sp³-hybridized carbons (Fsp3) is 0.842. The number of piperidine rings is 1. The first-order valence-corrected chi connectivity index (χ1v) is 9.98. The summed E-state index contributed by atoms with van der Waals surface area (Å²) in [5.74, 6) is 0.263. The standard InChI is InChI=1S/C19H34N4O3/c1-13(2)18(25)20-15-8-10-23(11-9-15)12-17(24)22-19(26)21-16-7-5-4-6-14(16)3/h13-16H,4-12H2,1-3H3,(H,20,25)(H2,21,22,24,26). The molecule has 0 aromatic rings. The van der Waals surface area contributed by atoms with Crippen molar-refractivity contribution >= 4 is 17.8 Å². The van der Waals surface area contributed by atoms with Crippen molar-refractivity contribution < 1.29 is 14.4 Å². The molecule has 0 bridgehead atoms. The molecule has 2 rings (SSSR count). The Kier molecular flexibility index (Phi) is 7.87. The van der Waals surface area contributed by atoms with Gasteiger partial charge < -0.3 is 10.6 Å². The minimum absolute atomic E-state index is 0.01000. The number of carbonyl (C=O) groups excluding carboxylic acids is 3. The van der Waals surface area contributed by atoms with Gasteiger partial charge in [0.1, 0.15) is 0 Å². The summed E-state index contributed by atoms with van der Waals surface area (Å²) in [6.07, 6.45) is 6.12. The first-order chi connectivity index (χ1) is 12.3. The van der Waals surface area contributed by atoms with Crippen molar-refractivity contribution in [2.45, 2.75) is 71.4 Å². The molecule has 2 atom stereocenters. The molecule has 1 aliphatic heterocycles. The number of amides is 4. The molecule has 0 aromatic heterocycles. The van der Waals surface area contributed by atoms with Gasteiger partial charge in [-0.3, -0.25) is 19.8 Å². The van der Waals surface area contributed by atoms with Crippen molar-refractivity contribution in [2.75, 3.05) is 19.6 Å². The van der Waals surface area contributed by atoms with Crippen molar-refractivity contribution in [3.05, 3.63) is 0 Å². The van der Waals surface area contributed by atoms with E-state index in [4.69, 9.17) is 0 Å². The summed E-state index contributed by atoms with van der Waals surface area (Å²) < 4.78 is 0. The zero-order chi connectivity index (χ0) is 19.1. The van der Waals surface area contributed by atoms with Crippen LogP contribution >= 0.6 is 0 Å². The van der Waals surface area contributed by atoms with Gasteiger partial charge in [0.2, 0.25) is 11.8 Å². The van der Waals surface area contributed by atoms with Crippen LogP contribution in [-0.4, -0.2) is 54.5 Å². The molecule has 2 aliphatic rings. The molecule has 0 spiro atoms. The normalized spacial score (nSPS) is 24.9. The molecule has 2 unspecified atom stereocenters. The molecular weight excluding hydrogens is 332 g/mol. The van der Waals surface area contributed by atoms with E-state index >= 15 is 0 Å². The molecular formula is C19H34N4O3. The van der Waals surface area contributed by atoms with Gasteiger partial charge in [-0.1, -0.05) is 33.6 Å².